The van der Waals surface area contributed by atoms with Gasteiger partial charge in [-0.05, 0) is 37.1 Å². The molecule has 7 nitrogen and oxygen atoms in total. The first-order valence-corrected chi connectivity index (χ1v) is 12.0. The molecule has 8 heteroatoms. The lowest BCUT2D eigenvalue weighted by molar-refractivity contribution is 0.0951. The normalized spacial score (nSPS) is 17.0. The van der Waals surface area contributed by atoms with Crippen LogP contribution in [0.5, 0.6) is 0 Å². The van der Waals surface area contributed by atoms with E-state index in [1.54, 1.807) is 18.9 Å². The van der Waals surface area contributed by atoms with E-state index in [2.05, 4.69) is 27.0 Å². The average Bonchev–Trinajstić information content (AvgIpc) is 3.62. The summed E-state index contributed by atoms with van der Waals surface area (Å²) in [5.74, 6) is 1.75. The highest BCUT2D eigenvalue weighted by Crippen LogP contribution is 2.24. The number of hydrogen-bond donors (Lipinski definition) is 1. The first-order chi connectivity index (χ1) is 15.1. The SMILES string of the molecule is CCN1CCN(c2cc(COC)nc(SCc3ccc(C(=O)NC4CC4)cc3)n2)CC1. The zero-order chi connectivity index (χ0) is 21.6. The van der Waals surface area contributed by atoms with E-state index in [4.69, 9.17) is 9.72 Å². The molecule has 1 aromatic heterocycles. The van der Waals surface area contributed by atoms with Crippen LogP contribution in [0.25, 0.3) is 0 Å². The number of hydrogen-bond acceptors (Lipinski definition) is 7. The molecule has 0 unspecified atom stereocenters. The Labute approximate surface area is 188 Å². The third kappa shape index (κ3) is 6.18. The van der Waals surface area contributed by atoms with E-state index in [0.29, 0.717) is 18.2 Å². The molecule has 2 heterocycles. The van der Waals surface area contributed by atoms with E-state index in [-0.39, 0.29) is 5.91 Å². The summed E-state index contributed by atoms with van der Waals surface area (Å²) in [4.78, 5) is 26.5. The van der Waals surface area contributed by atoms with Gasteiger partial charge in [-0.2, -0.15) is 0 Å². The predicted molar refractivity (Wildman–Crippen MR) is 124 cm³/mol. The number of likely N-dealkylation sites (N-methyl/N-ethyl adjacent to an activating group) is 1. The van der Waals surface area contributed by atoms with Crippen molar-refractivity contribution in [3.8, 4) is 0 Å². The van der Waals surface area contributed by atoms with E-state index in [1.807, 2.05) is 30.3 Å². The highest BCUT2D eigenvalue weighted by molar-refractivity contribution is 7.98. The first-order valence-electron chi connectivity index (χ1n) is 11.0. The molecule has 1 saturated heterocycles. The molecule has 1 aromatic carbocycles. The van der Waals surface area contributed by atoms with Crippen molar-refractivity contribution in [3.05, 3.63) is 47.2 Å². The minimum Gasteiger partial charge on any atom is -0.378 e. The Morgan fingerprint density at radius 3 is 2.55 bits per heavy atom. The van der Waals surface area contributed by atoms with Gasteiger partial charge in [0.15, 0.2) is 5.16 Å². The van der Waals surface area contributed by atoms with Crippen LogP contribution in [-0.4, -0.2) is 66.7 Å². The average molecular weight is 442 g/mol. The van der Waals surface area contributed by atoms with E-state index in [0.717, 1.165) is 73.5 Å². The van der Waals surface area contributed by atoms with E-state index < -0.39 is 0 Å². The van der Waals surface area contributed by atoms with Gasteiger partial charge in [0.25, 0.3) is 5.91 Å². The fraction of sp³-hybridized carbons (Fsp3) is 0.522. The number of nitrogens with one attached hydrogen (secondary N) is 1. The van der Waals surface area contributed by atoms with Gasteiger partial charge in [0, 0.05) is 56.7 Å². The molecule has 1 aliphatic heterocycles. The maximum absolute atomic E-state index is 12.2. The van der Waals surface area contributed by atoms with Gasteiger partial charge in [-0.3, -0.25) is 4.79 Å². The summed E-state index contributed by atoms with van der Waals surface area (Å²) in [6, 6.07) is 10.2. The Kier molecular flexibility index (Phi) is 7.42. The van der Waals surface area contributed by atoms with Crippen molar-refractivity contribution in [2.45, 2.75) is 43.3 Å². The van der Waals surface area contributed by atoms with Crippen LogP contribution >= 0.6 is 11.8 Å². The second kappa shape index (κ2) is 10.4. The monoisotopic (exact) mass is 441 g/mol. The molecule has 1 N–H and O–H groups in total. The zero-order valence-electron chi connectivity index (χ0n) is 18.3. The molecular formula is C23H31N5O2S. The molecule has 4 rings (SSSR count). The number of carbonyl (C=O) groups is 1. The molecule has 166 valence electrons. The van der Waals surface area contributed by atoms with Crippen LogP contribution in [0.15, 0.2) is 35.5 Å². The van der Waals surface area contributed by atoms with Crippen molar-refractivity contribution in [2.75, 3.05) is 44.7 Å². The number of thioether (sulfide) groups is 1. The lowest BCUT2D eigenvalue weighted by atomic mass is 10.1. The lowest BCUT2D eigenvalue weighted by Gasteiger charge is -2.34. The number of ether oxygens (including phenoxy) is 1. The predicted octanol–water partition coefficient (Wildman–Crippen LogP) is 2.95. The first kappa shape index (κ1) is 22.0. The van der Waals surface area contributed by atoms with Crippen LogP contribution in [0, 0.1) is 0 Å². The van der Waals surface area contributed by atoms with Crippen molar-refractivity contribution >= 4 is 23.5 Å². The third-order valence-electron chi connectivity index (χ3n) is 5.68. The number of carbonyl (C=O) groups excluding carboxylic acids is 1. The maximum atomic E-state index is 12.2. The second-order valence-corrected chi connectivity index (χ2v) is 9.03. The summed E-state index contributed by atoms with van der Waals surface area (Å²) >= 11 is 1.62. The quantitative estimate of drug-likeness (QED) is 0.474. The summed E-state index contributed by atoms with van der Waals surface area (Å²) in [7, 11) is 1.69. The topological polar surface area (TPSA) is 70.6 Å². The second-order valence-electron chi connectivity index (χ2n) is 8.09. The van der Waals surface area contributed by atoms with Gasteiger partial charge in [-0.25, -0.2) is 9.97 Å². The van der Waals surface area contributed by atoms with Gasteiger partial charge >= 0.3 is 0 Å². The molecule has 0 bridgehead atoms. The fourth-order valence-electron chi connectivity index (χ4n) is 3.60. The lowest BCUT2D eigenvalue weighted by Crippen LogP contribution is -2.46. The molecule has 0 radical (unpaired) electrons. The van der Waals surface area contributed by atoms with Crippen LogP contribution < -0.4 is 10.2 Å². The summed E-state index contributed by atoms with van der Waals surface area (Å²) in [5, 5.41) is 3.79. The van der Waals surface area contributed by atoms with Crippen molar-refractivity contribution in [1.82, 2.24) is 20.2 Å². The highest BCUT2D eigenvalue weighted by Gasteiger charge is 2.23. The third-order valence-corrected chi connectivity index (χ3v) is 6.60. The van der Waals surface area contributed by atoms with Crippen molar-refractivity contribution < 1.29 is 9.53 Å². The molecule has 31 heavy (non-hydrogen) atoms. The summed E-state index contributed by atoms with van der Waals surface area (Å²) in [5.41, 5.74) is 2.76. The van der Waals surface area contributed by atoms with Gasteiger partial charge in [-0.1, -0.05) is 30.8 Å². The molecular weight excluding hydrogens is 410 g/mol. The van der Waals surface area contributed by atoms with Gasteiger partial charge in [0.2, 0.25) is 0 Å². The van der Waals surface area contributed by atoms with Gasteiger partial charge in [-0.15, -0.1) is 0 Å². The molecule has 2 aromatic rings. The minimum absolute atomic E-state index is 0.0186. The van der Waals surface area contributed by atoms with Crippen LogP contribution in [-0.2, 0) is 17.1 Å². The number of amides is 1. The van der Waals surface area contributed by atoms with E-state index in [9.17, 15) is 4.79 Å². The molecule has 2 aliphatic rings. The molecule has 0 atom stereocenters. The zero-order valence-corrected chi connectivity index (χ0v) is 19.2. The van der Waals surface area contributed by atoms with E-state index in [1.165, 1.54) is 0 Å². The Hall–Kier alpha value is -2.16. The Morgan fingerprint density at radius 1 is 1.16 bits per heavy atom. The number of benzene rings is 1. The molecule has 1 aliphatic carbocycles. The summed E-state index contributed by atoms with van der Waals surface area (Å²) in [6.07, 6.45) is 2.19. The molecule has 1 amide bonds. The number of rotatable bonds is 9. The Balaban J connectivity index is 1.40. The van der Waals surface area contributed by atoms with Crippen LogP contribution in [0.4, 0.5) is 5.82 Å². The van der Waals surface area contributed by atoms with Crippen LogP contribution in [0.3, 0.4) is 0 Å². The minimum atomic E-state index is 0.0186. The Morgan fingerprint density at radius 2 is 1.90 bits per heavy atom. The van der Waals surface area contributed by atoms with E-state index >= 15 is 0 Å². The number of nitrogens with zero attached hydrogens (tertiary/aromatic N) is 4. The fourth-order valence-corrected chi connectivity index (χ4v) is 4.43. The summed E-state index contributed by atoms with van der Waals surface area (Å²) in [6.45, 7) is 7.85. The van der Waals surface area contributed by atoms with Gasteiger partial charge in [0.05, 0.1) is 12.3 Å². The highest BCUT2D eigenvalue weighted by atomic mass is 32.2. The van der Waals surface area contributed by atoms with Crippen molar-refractivity contribution in [3.63, 3.8) is 0 Å². The number of anilines is 1. The van der Waals surface area contributed by atoms with Gasteiger partial charge < -0.3 is 19.9 Å². The van der Waals surface area contributed by atoms with Crippen LogP contribution in [0.1, 0.15) is 41.4 Å². The number of aromatic nitrogens is 2. The largest absolute Gasteiger partial charge is 0.378 e. The smallest absolute Gasteiger partial charge is 0.251 e. The van der Waals surface area contributed by atoms with Crippen molar-refractivity contribution in [1.29, 1.82) is 0 Å². The maximum Gasteiger partial charge on any atom is 0.251 e. The number of methoxy groups -OCH3 is 1. The molecule has 0 spiro atoms. The molecule has 1 saturated carbocycles. The van der Waals surface area contributed by atoms with Crippen LogP contribution in [0.2, 0.25) is 0 Å². The standard InChI is InChI=1S/C23H31N5O2S/c1-3-27-10-12-28(13-11-27)21-14-20(15-30-2)25-23(26-21)31-16-17-4-6-18(7-5-17)22(29)24-19-8-9-19/h4-7,14,19H,3,8-13,15-16H2,1-2H3,(H,24,29). The van der Waals surface area contributed by atoms with Gasteiger partial charge in [0.1, 0.15) is 5.82 Å². The number of piperazine rings is 1. The molecule has 2 fully saturated rings. The Bertz CT molecular complexity index is 880. The van der Waals surface area contributed by atoms with Crippen molar-refractivity contribution in [2.24, 2.45) is 0 Å². The summed E-state index contributed by atoms with van der Waals surface area (Å²) < 4.78 is 5.33.